The quantitative estimate of drug-likeness (QED) is 0.754. The summed E-state index contributed by atoms with van der Waals surface area (Å²) in [5, 5.41) is 7.84. The van der Waals surface area contributed by atoms with Crippen LogP contribution in [0.5, 0.6) is 0 Å². The van der Waals surface area contributed by atoms with Crippen molar-refractivity contribution in [2.75, 3.05) is 12.4 Å². The first-order valence-corrected chi connectivity index (χ1v) is 8.03. The summed E-state index contributed by atoms with van der Waals surface area (Å²) in [6, 6.07) is 12.6. The third-order valence-corrected chi connectivity index (χ3v) is 4.56. The van der Waals surface area contributed by atoms with Gasteiger partial charge in [-0.05, 0) is 12.5 Å². The lowest BCUT2D eigenvalue weighted by molar-refractivity contribution is 0.181. The van der Waals surface area contributed by atoms with Crippen LogP contribution < -0.4 is 5.32 Å². The summed E-state index contributed by atoms with van der Waals surface area (Å²) in [5.74, 6) is 1.43. The standard InChI is InChI=1S/C18H23N5O/c1-13(18(2,3)14-8-6-5-7-9-14)21-16-10-15(11-24-4)22-17-19-12-20-23(16)17/h5-10,12-13,21H,11H2,1-4H3. The summed E-state index contributed by atoms with van der Waals surface area (Å²) in [7, 11) is 1.66. The molecule has 126 valence electrons. The smallest absolute Gasteiger partial charge is 0.254 e. The molecular formula is C18H23N5O. The number of benzene rings is 1. The zero-order valence-electron chi connectivity index (χ0n) is 14.5. The number of nitrogens with one attached hydrogen (secondary N) is 1. The van der Waals surface area contributed by atoms with Crippen LogP contribution in [0.4, 0.5) is 5.82 Å². The molecule has 24 heavy (non-hydrogen) atoms. The first-order valence-electron chi connectivity index (χ1n) is 8.03. The number of ether oxygens (including phenoxy) is 1. The maximum Gasteiger partial charge on any atom is 0.254 e. The molecule has 0 saturated heterocycles. The van der Waals surface area contributed by atoms with Crippen molar-refractivity contribution in [1.29, 1.82) is 0 Å². The van der Waals surface area contributed by atoms with Crippen molar-refractivity contribution in [1.82, 2.24) is 19.6 Å². The second kappa shape index (κ2) is 6.57. The molecule has 1 N–H and O–H groups in total. The van der Waals surface area contributed by atoms with Gasteiger partial charge >= 0.3 is 0 Å². The maximum atomic E-state index is 5.20. The van der Waals surface area contributed by atoms with Crippen molar-refractivity contribution in [2.24, 2.45) is 0 Å². The van der Waals surface area contributed by atoms with Crippen LogP contribution in [-0.4, -0.2) is 32.7 Å². The van der Waals surface area contributed by atoms with Crippen LogP contribution in [0.2, 0.25) is 0 Å². The van der Waals surface area contributed by atoms with Crippen molar-refractivity contribution in [3.8, 4) is 0 Å². The van der Waals surface area contributed by atoms with E-state index >= 15 is 0 Å². The fraction of sp³-hybridized carbons (Fsp3) is 0.389. The number of hydrogen-bond acceptors (Lipinski definition) is 5. The van der Waals surface area contributed by atoms with Gasteiger partial charge in [-0.15, -0.1) is 0 Å². The molecular weight excluding hydrogens is 302 g/mol. The minimum Gasteiger partial charge on any atom is -0.378 e. The predicted octanol–water partition coefficient (Wildman–Crippen LogP) is 3.05. The minimum atomic E-state index is -0.0567. The SMILES string of the molecule is COCc1cc(NC(C)C(C)(C)c2ccccc2)n2ncnc2n1. The minimum absolute atomic E-state index is 0.0567. The number of nitrogens with zero attached hydrogens (tertiary/aromatic N) is 4. The molecule has 0 aliphatic heterocycles. The van der Waals surface area contributed by atoms with E-state index in [2.05, 4.69) is 65.4 Å². The molecule has 1 atom stereocenters. The van der Waals surface area contributed by atoms with Crippen LogP contribution in [0.1, 0.15) is 32.0 Å². The number of anilines is 1. The van der Waals surface area contributed by atoms with E-state index < -0.39 is 0 Å². The Labute approximate surface area is 141 Å². The Morgan fingerprint density at radius 1 is 1.25 bits per heavy atom. The third-order valence-electron chi connectivity index (χ3n) is 4.56. The second-order valence-corrected chi connectivity index (χ2v) is 6.49. The summed E-state index contributed by atoms with van der Waals surface area (Å²) in [5.41, 5.74) is 2.05. The lowest BCUT2D eigenvalue weighted by Crippen LogP contribution is -2.38. The van der Waals surface area contributed by atoms with E-state index in [0.717, 1.165) is 11.5 Å². The number of aromatic nitrogens is 4. The van der Waals surface area contributed by atoms with Gasteiger partial charge < -0.3 is 10.1 Å². The highest BCUT2D eigenvalue weighted by molar-refractivity contribution is 5.46. The van der Waals surface area contributed by atoms with Crippen LogP contribution in [0.3, 0.4) is 0 Å². The van der Waals surface area contributed by atoms with E-state index in [1.807, 2.05) is 12.1 Å². The highest BCUT2D eigenvalue weighted by Gasteiger charge is 2.28. The molecule has 0 spiro atoms. The van der Waals surface area contributed by atoms with E-state index in [1.54, 1.807) is 11.6 Å². The van der Waals surface area contributed by atoms with Gasteiger partial charge in [0, 0.05) is 24.6 Å². The van der Waals surface area contributed by atoms with Crippen LogP contribution in [0.25, 0.3) is 5.78 Å². The molecule has 3 rings (SSSR count). The third kappa shape index (κ3) is 3.10. The highest BCUT2D eigenvalue weighted by atomic mass is 16.5. The van der Waals surface area contributed by atoms with Crippen molar-refractivity contribution in [3.05, 3.63) is 54.0 Å². The van der Waals surface area contributed by atoms with Gasteiger partial charge in [0.25, 0.3) is 5.78 Å². The van der Waals surface area contributed by atoms with Gasteiger partial charge in [0.15, 0.2) is 0 Å². The lowest BCUT2D eigenvalue weighted by atomic mass is 9.78. The fourth-order valence-corrected chi connectivity index (χ4v) is 2.71. The maximum absolute atomic E-state index is 5.20. The van der Waals surface area contributed by atoms with Crippen molar-refractivity contribution < 1.29 is 4.74 Å². The Hall–Kier alpha value is -2.47. The van der Waals surface area contributed by atoms with E-state index in [0.29, 0.717) is 12.4 Å². The molecule has 6 heteroatoms. The second-order valence-electron chi connectivity index (χ2n) is 6.49. The van der Waals surface area contributed by atoms with E-state index in [1.165, 1.54) is 11.9 Å². The summed E-state index contributed by atoms with van der Waals surface area (Å²) in [4.78, 5) is 8.63. The van der Waals surface area contributed by atoms with E-state index in [-0.39, 0.29) is 11.5 Å². The summed E-state index contributed by atoms with van der Waals surface area (Å²) in [6.45, 7) is 7.08. The van der Waals surface area contributed by atoms with Gasteiger partial charge in [-0.25, -0.2) is 4.98 Å². The van der Waals surface area contributed by atoms with Crippen LogP contribution in [0.15, 0.2) is 42.7 Å². The van der Waals surface area contributed by atoms with Crippen LogP contribution >= 0.6 is 0 Å². The Morgan fingerprint density at radius 3 is 2.71 bits per heavy atom. The van der Waals surface area contributed by atoms with E-state index in [9.17, 15) is 0 Å². The Kier molecular flexibility index (Phi) is 4.49. The first kappa shape index (κ1) is 16.4. The molecule has 2 heterocycles. The Bertz CT molecular complexity index is 813. The first-order chi connectivity index (χ1) is 11.5. The van der Waals surface area contributed by atoms with Gasteiger partial charge in [0.05, 0.1) is 12.3 Å². The molecule has 3 aromatic rings. The average Bonchev–Trinajstić information content (AvgIpc) is 3.04. The fourth-order valence-electron chi connectivity index (χ4n) is 2.71. The molecule has 0 saturated carbocycles. The van der Waals surface area contributed by atoms with Crippen LogP contribution in [-0.2, 0) is 16.8 Å². The Balaban J connectivity index is 1.92. The molecule has 0 radical (unpaired) electrons. The molecule has 0 aliphatic rings. The number of rotatable bonds is 6. The van der Waals surface area contributed by atoms with Gasteiger partial charge in [-0.2, -0.15) is 14.6 Å². The topological polar surface area (TPSA) is 64.3 Å². The van der Waals surface area contributed by atoms with Gasteiger partial charge in [-0.1, -0.05) is 44.2 Å². The van der Waals surface area contributed by atoms with Crippen molar-refractivity contribution in [2.45, 2.75) is 38.8 Å². The number of hydrogen-bond donors (Lipinski definition) is 1. The van der Waals surface area contributed by atoms with Gasteiger partial charge in [0.2, 0.25) is 0 Å². The molecule has 6 nitrogen and oxygen atoms in total. The van der Waals surface area contributed by atoms with Crippen molar-refractivity contribution >= 4 is 11.6 Å². The monoisotopic (exact) mass is 325 g/mol. The Morgan fingerprint density at radius 2 is 2.00 bits per heavy atom. The zero-order valence-corrected chi connectivity index (χ0v) is 14.5. The number of methoxy groups -OCH3 is 1. The summed E-state index contributed by atoms with van der Waals surface area (Å²) < 4.78 is 6.92. The van der Waals surface area contributed by atoms with E-state index in [4.69, 9.17) is 4.74 Å². The molecule has 1 aromatic carbocycles. The normalized spacial score (nSPS) is 13.2. The predicted molar refractivity (Wildman–Crippen MR) is 94.0 cm³/mol. The molecule has 0 aliphatic carbocycles. The van der Waals surface area contributed by atoms with Gasteiger partial charge in [0.1, 0.15) is 12.1 Å². The lowest BCUT2D eigenvalue weighted by Gasteiger charge is -2.33. The molecule has 0 amide bonds. The zero-order chi connectivity index (χ0) is 17.2. The summed E-state index contributed by atoms with van der Waals surface area (Å²) >= 11 is 0. The molecule has 0 bridgehead atoms. The summed E-state index contributed by atoms with van der Waals surface area (Å²) in [6.07, 6.45) is 1.51. The molecule has 2 aromatic heterocycles. The van der Waals surface area contributed by atoms with Gasteiger partial charge in [-0.3, -0.25) is 0 Å². The van der Waals surface area contributed by atoms with Crippen LogP contribution in [0, 0.1) is 0 Å². The number of fused-ring (bicyclic) bond motifs is 1. The average molecular weight is 325 g/mol. The molecule has 0 fully saturated rings. The molecule has 1 unspecified atom stereocenters. The largest absolute Gasteiger partial charge is 0.378 e. The highest BCUT2D eigenvalue weighted by Crippen LogP contribution is 2.29. The van der Waals surface area contributed by atoms with Crippen molar-refractivity contribution in [3.63, 3.8) is 0 Å².